The second-order valence-corrected chi connectivity index (χ2v) is 10.9. The van der Waals surface area contributed by atoms with Crippen LogP contribution in [0.2, 0.25) is 0 Å². The van der Waals surface area contributed by atoms with Crippen molar-refractivity contribution in [2.24, 2.45) is 0 Å². The predicted octanol–water partition coefficient (Wildman–Crippen LogP) is 10.8. The van der Waals surface area contributed by atoms with Crippen LogP contribution in [0.1, 0.15) is 24.6 Å². The molecule has 0 aliphatic carbocycles. The fourth-order valence-corrected chi connectivity index (χ4v) is 6.31. The highest BCUT2D eigenvalue weighted by atomic mass is 15.0. The highest BCUT2D eigenvalue weighted by Gasteiger charge is 2.16. The van der Waals surface area contributed by atoms with Gasteiger partial charge in [0, 0.05) is 33.2 Å². The second-order valence-electron chi connectivity index (χ2n) is 10.9. The summed E-state index contributed by atoms with van der Waals surface area (Å²) in [7, 11) is 0. The number of benzene rings is 5. The third-order valence-electron chi connectivity index (χ3n) is 8.33. The lowest BCUT2D eigenvalue weighted by molar-refractivity contribution is 1.03. The van der Waals surface area contributed by atoms with E-state index in [1.807, 2.05) is 0 Å². The lowest BCUT2D eigenvalue weighted by atomic mass is 10.0. The molecule has 0 unspecified atom stereocenters. The maximum absolute atomic E-state index is 2.41. The molecule has 0 saturated carbocycles. The van der Waals surface area contributed by atoms with Gasteiger partial charge in [-0.15, -0.1) is 0 Å². The summed E-state index contributed by atoms with van der Waals surface area (Å²) < 4.78 is 4.79. The number of hydrogen-bond acceptors (Lipinski definition) is 0. The van der Waals surface area contributed by atoms with E-state index >= 15 is 0 Å². The van der Waals surface area contributed by atoms with Crippen LogP contribution in [0.3, 0.4) is 0 Å². The molecular formula is C40H34N2. The molecule has 2 heterocycles. The molecule has 0 bridgehead atoms. The fourth-order valence-electron chi connectivity index (χ4n) is 6.31. The van der Waals surface area contributed by atoms with E-state index in [0.717, 1.165) is 12.8 Å². The van der Waals surface area contributed by atoms with Gasteiger partial charge in [0.25, 0.3) is 0 Å². The quantitative estimate of drug-likeness (QED) is 0.177. The highest BCUT2D eigenvalue weighted by Crippen LogP contribution is 2.35. The Morgan fingerprint density at radius 3 is 1.81 bits per heavy atom. The van der Waals surface area contributed by atoms with Crippen LogP contribution < -0.4 is 0 Å². The van der Waals surface area contributed by atoms with Gasteiger partial charge in [-0.25, -0.2) is 0 Å². The van der Waals surface area contributed by atoms with Crippen LogP contribution in [0.25, 0.3) is 55.2 Å². The maximum atomic E-state index is 2.41. The average Bonchev–Trinajstić information content (AvgIpc) is 3.52. The van der Waals surface area contributed by atoms with E-state index < -0.39 is 0 Å². The molecule has 0 aliphatic rings. The molecule has 0 radical (unpaired) electrons. The molecule has 42 heavy (non-hydrogen) atoms. The molecule has 204 valence electrons. The molecule has 0 saturated heterocycles. The van der Waals surface area contributed by atoms with Crippen molar-refractivity contribution in [3.05, 3.63) is 157 Å². The van der Waals surface area contributed by atoms with Gasteiger partial charge in [0.05, 0.1) is 16.6 Å². The topological polar surface area (TPSA) is 9.86 Å². The Labute approximate surface area is 247 Å². The number of nitrogens with zero attached hydrogens (tertiary/aromatic N) is 2. The molecule has 7 aromatic rings. The molecule has 5 aromatic carbocycles. The van der Waals surface area contributed by atoms with Crippen LogP contribution in [-0.4, -0.2) is 9.13 Å². The largest absolute Gasteiger partial charge is 0.314 e. The highest BCUT2D eigenvalue weighted by molar-refractivity contribution is 6.09. The van der Waals surface area contributed by atoms with Crippen LogP contribution in [0, 0.1) is 6.92 Å². The molecule has 2 nitrogen and oxygen atoms in total. The van der Waals surface area contributed by atoms with E-state index in [1.54, 1.807) is 0 Å². The summed E-state index contributed by atoms with van der Waals surface area (Å²) in [6, 6.07) is 44.0. The molecule has 2 aromatic heterocycles. The number of allylic oxidation sites excluding steroid dienone is 4. The lowest BCUT2D eigenvalue weighted by Crippen LogP contribution is -1.97. The summed E-state index contributed by atoms with van der Waals surface area (Å²) in [6.45, 7) is 4.41. The molecule has 0 N–H and O–H groups in total. The SMILES string of the molecule is CC/C=C\C=C/Cc1c(C)n(-c2ccccc2)c2cc(-c3ccc(-n4c5ccccc5c5ccccc54)cc3)ccc12. The number of para-hydroxylation sites is 3. The maximum Gasteiger partial charge on any atom is 0.0541 e. The Bertz CT molecular complexity index is 2030. The van der Waals surface area contributed by atoms with Crippen molar-refractivity contribution in [3.63, 3.8) is 0 Å². The van der Waals surface area contributed by atoms with E-state index in [0.29, 0.717) is 0 Å². The first-order valence-corrected chi connectivity index (χ1v) is 14.8. The summed E-state index contributed by atoms with van der Waals surface area (Å²) in [5.41, 5.74) is 11.2. The van der Waals surface area contributed by atoms with Gasteiger partial charge in [-0.1, -0.05) is 110 Å². The Morgan fingerprint density at radius 2 is 1.12 bits per heavy atom. The Hall–Kier alpha value is -5.08. The monoisotopic (exact) mass is 542 g/mol. The minimum Gasteiger partial charge on any atom is -0.314 e. The first-order valence-electron chi connectivity index (χ1n) is 14.8. The first-order chi connectivity index (χ1) is 20.7. The second kappa shape index (κ2) is 11.1. The lowest BCUT2D eigenvalue weighted by Gasteiger charge is -2.11. The minimum atomic E-state index is 0.906. The van der Waals surface area contributed by atoms with Crippen molar-refractivity contribution >= 4 is 32.7 Å². The zero-order valence-electron chi connectivity index (χ0n) is 24.2. The molecule has 0 fully saturated rings. The van der Waals surface area contributed by atoms with Crippen molar-refractivity contribution in [2.45, 2.75) is 26.7 Å². The Balaban J connectivity index is 1.32. The van der Waals surface area contributed by atoms with Crippen molar-refractivity contribution < 1.29 is 0 Å². The number of fused-ring (bicyclic) bond motifs is 4. The van der Waals surface area contributed by atoms with Crippen LogP contribution in [0.15, 0.2) is 146 Å². The van der Waals surface area contributed by atoms with E-state index in [1.165, 1.54) is 66.5 Å². The standard InChI is InChI=1S/C40H34N2/c1-3-4-5-6-10-17-34-29(2)41(32-15-8-7-9-16-32)40-28-31(24-27-37(34)40)30-22-25-33(26-23-30)42-38-20-13-11-18-35(38)36-19-12-14-21-39(36)42/h4-16,18-28H,3,17H2,1-2H3/b5-4-,10-6-. The van der Waals surface area contributed by atoms with Crippen LogP contribution >= 0.6 is 0 Å². The van der Waals surface area contributed by atoms with E-state index in [-0.39, 0.29) is 0 Å². The van der Waals surface area contributed by atoms with Crippen LogP contribution in [0.4, 0.5) is 0 Å². The molecule has 0 spiro atoms. The number of rotatable bonds is 7. The van der Waals surface area contributed by atoms with Gasteiger partial charge >= 0.3 is 0 Å². The normalized spacial score (nSPS) is 12.0. The van der Waals surface area contributed by atoms with Crippen molar-refractivity contribution in [2.75, 3.05) is 0 Å². The summed E-state index contributed by atoms with van der Waals surface area (Å²) in [5, 5.41) is 3.88. The third-order valence-corrected chi connectivity index (χ3v) is 8.33. The van der Waals surface area contributed by atoms with Crippen molar-refractivity contribution in [1.82, 2.24) is 9.13 Å². The zero-order valence-corrected chi connectivity index (χ0v) is 24.2. The molecular weight excluding hydrogens is 508 g/mol. The van der Waals surface area contributed by atoms with Gasteiger partial charge in [-0.3, -0.25) is 0 Å². The first kappa shape index (κ1) is 25.9. The molecule has 0 atom stereocenters. The zero-order chi connectivity index (χ0) is 28.5. The number of hydrogen-bond donors (Lipinski definition) is 0. The minimum absolute atomic E-state index is 0.906. The van der Waals surface area contributed by atoms with Gasteiger partial charge in [0.2, 0.25) is 0 Å². The van der Waals surface area contributed by atoms with Gasteiger partial charge in [-0.05, 0) is 78.9 Å². The van der Waals surface area contributed by atoms with E-state index in [4.69, 9.17) is 0 Å². The third kappa shape index (κ3) is 4.46. The van der Waals surface area contributed by atoms with Gasteiger partial charge in [0.1, 0.15) is 0 Å². The summed E-state index contributed by atoms with van der Waals surface area (Å²) >= 11 is 0. The Kier molecular flexibility index (Phi) is 6.81. The van der Waals surface area contributed by atoms with Gasteiger partial charge in [-0.2, -0.15) is 0 Å². The molecule has 0 amide bonds. The van der Waals surface area contributed by atoms with Crippen molar-refractivity contribution in [3.8, 4) is 22.5 Å². The van der Waals surface area contributed by atoms with Gasteiger partial charge < -0.3 is 9.13 Å². The molecule has 2 heteroatoms. The van der Waals surface area contributed by atoms with Gasteiger partial charge in [0.15, 0.2) is 0 Å². The fraction of sp³-hybridized carbons (Fsp3) is 0.100. The molecule has 7 rings (SSSR count). The summed E-state index contributed by atoms with van der Waals surface area (Å²) in [5.74, 6) is 0. The van der Waals surface area contributed by atoms with E-state index in [9.17, 15) is 0 Å². The van der Waals surface area contributed by atoms with Crippen LogP contribution in [-0.2, 0) is 6.42 Å². The summed E-state index contributed by atoms with van der Waals surface area (Å²) in [6.07, 6.45) is 10.7. The number of aromatic nitrogens is 2. The Morgan fingerprint density at radius 1 is 0.524 bits per heavy atom. The smallest absolute Gasteiger partial charge is 0.0541 e. The van der Waals surface area contributed by atoms with E-state index in [2.05, 4.69) is 169 Å². The predicted molar refractivity (Wildman–Crippen MR) is 180 cm³/mol. The molecule has 0 aliphatic heterocycles. The average molecular weight is 543 g/mol. The summed E-state index contributed by atoms with van der Waals surface area (Å²) in [4.78, 5) is 0. The van der Waals surface area contributed by atoms with Crippen molar-refractivity contribution in [1.29, 1.82) is 0 Å². The van der Waals surface area contributed by atoms with Crippen LogP contribution in [0.5, 0.6) is 0 Å².